The van der Waals surface area contributed by atoms with Gasteiger partial charge in [-0.2, -0.15) is 0 Å². The van der Waals surface area contributed by atoms with Gasteiger partial charge in [0.2, 0.25) is 0 Å². The summed E-state index contributed by atoms with van der Waals surface area (Å²) in [6, 6.07) is 13.4. The summed E-state index contributed by atoms with van der Waals surface area (Å²) in [6.45, 7) is 0. The molecule has 0 fully saturated rings. The normalized spacial score (nSPS) is 10.1. The largest absolute Gasteiger partial charge is 0.396 e. The molecule has 92 valence electrons. The van der Waals surface area contributed by atoms with E-state index in [0.717, 1.165) is 0 Å². The predicted octanol–water partition coefficient (Wildman–Crippen LogP) is 2.68. The van der Waals surface area contributed by atoms with Crippen LogP contribution in [0.4, 0.5) is 15.8 Å². The van der Waals surface area contributed by atoms with Crippen molar-refractivity contribution in [2.24, 2.45) is 0 Å². The summed E-state index contributed by atoms with van der Waals surface area (Å²) < 4.78 is 13.8. The summed E-state index contributed by atoms with van der Waals surface area (Å²) in [5.74, 6) is -1.10. The number of para-hydroxylation sites is 1. The molecule has 0 heterocycles. The maximum absolute atomic E-state index is 13.8. The number of benzene rings is 2. The highest BCUT2D eigenvalue weighted by atomic mass is 19.1. The summed E-state index contributed by atoms with van der Waals surface area (Å²) in [5, 5.41) is 0. The first-order valence-electron chi connectivity index (χ1n) is 5.48. The third-order valence-electron chi connectivity index (χ3n) is 2.71. The van der Waals surface area contributed by atoms with Crippen molar-refractivity contribution < 1.29 is 9.18 Å². The van der Waals surface area contributed by atoms with Crippen molar-refractivity contribution in [1.82, 2.24) is 0 Å². The number of anilines is 2. The van der Waals surface area contributed by atoms with Crippen LogP contribution in [0.3, 0.4) is 0 Å². The van der Waals surface area contributed by atoms with Crippen molar-refractivity contribution in [3.05, 3.63) is 59.9 Å². The van der Waals surface area contributed by atoms with Crippen molar-refractivity contribution in [1.29, 1.82) is 0 Å². The second kappa shape index (κ2) is 4.87. The van der Waals surface area contributed by atoms with Crippen LogP contribution in [-0.2, 0) is 0 Å². The molecule has 0 aliphatic carbocycles. The van der Waals surface area contributed by atoms with Crippen molar-refractivity contribution >= 4 is 17.3 Å². The monoisotopic (exact) mass is 244 g/mol. The van der Waals surface area contributed by atoms with Crippen LogP contribution in [0.5, 0.6) is 0 Å². The summed E-state index contributed by atoms with van der Waals surface area (Å²) in [7, 11) is 1.60. The van der Waals surface area contributed by atoms with E-state index in [-0.39, 0.29) is 11.3 Å². The Hall–Kier alpha value is -2.36. The third-order valence-corrected chi connectivity index (χ3v) is 2.71. The van der Waals surface area contributed by atoms with Crippen LogP contribution in [0.1, 0.15) is 10.4 Å². The van der Waals surface area contributed by atoms with E-state index in [4.69, 9.17) is 5.73 Å². The molecule has 0 saturated heterocycles. The van der Waals surface area contributed by atoms with Crippen LogP contribution in [0, 0.1) is 5.82 Å². The van der Waals surface area contributed by atoms with Crippen LogP contribution in [0.25, 0.3) is 0 Å². The Morgan fingerprint density at radius 2 is 1.78 bits per heavy atom. The molecule has 0 spiro atoms. The van der Waals surface area contributed by atoms with Gasteiger partial charge in [-0.15, -0.1) is 0 Å². The van der Waals surface area contributed by atoms with Gasteiger partial charge in [-0.25, -0.2) is 4.39 Å². The first-order chi connectivity index (χ1) is 8.61. The van der Waals surface area contributed by atoms with Gasteiger partial charge in [0.25, 0.3) is 5.91 Å². The van der Waals surface area contributed by atoms with Gasteiger partial charge in [0, 0.05) is 12.7 Å². The molecule has 0 aliphatic rings. The number of nitrogens with zero attached hydrogens (tertiary/aromatic N) is 1. The zero-order valence-electron chi connectivity index (χ0n) is 9.93. The van der Waals surface area contributed by atoms with E-state index >= 15 is 0 Å². The van der Waals surface area contributed by atoms with Gasteiger partial charge in [-0.3, -0.25) is 4.79 Å². The Balaban J connectivity index is 2.35. The molecule has 0 aromatic heterocycles. The molecule has 0 unspecified atom stereocenters. The fraction of sp³-hybridized carbons (Fsp3) is 0.0714. The molecule has 0 radical (unpaired) electrons. The lowest BCUT2D eigenvalue weighted by Gasteiger charge is -2.17. The molecule has 2 aromatic rings. The second-order valence-corrected chi connectivity index (χ2v) is 3.91. The minimum absolute atomic E-state index is 0.0256. The highest BCUT2D eigenvalue weighted by Crippen LogP contribution is 2.19. The molecule has 2 aromatic carbocycles. The van der Waals surface area contributed by atoms with Gasteiger partial charge >= 0.3 is 0 Å². The van der Waals surface area contributed by atoms with Crippen LogP contribution in [-0.4, -0.2) is 13.0 Å². The van der Waals surface area contributed by atoms with Gasteiger partial charge in [0.1, 0.15) is 0 Å². The quantitative estimate of drug-likeness (QED) is 0.825. The molecule has 4 heteroatoms. The smallest absolute Gasteiger partial charge is 0.261 e. The highest BCUT2D eigenvalue weighted by Gasteiger charge is 2.18. The molecular weight excluding hydrogens is 231 g/mol. The number of rotatable bonds is 2. The Kier molecular flexibility index (Phi) is 3.28. The van der Waals surface area contributed by atoms with E-state index in [2.05, 4.69) is 0 Å². The standard InChI is InChI=1S/C14H13FN2O/c1-17(10-6-3-2-4-7-10)14(18)11-8-5-9-12(16)13(11)15/h2-9H,16H2,1H3. The summed E-state index contributed by atoms with van der Waals surface area (Å²) in [5.41, 5.74) is 6.10. The zero-order chi connectivity index (χ0) is 13.1. The lowest BCUT2D eigenvalue weighted by molar-refractivity contribution is 0.0989. The molecule has 2 N–H and O–H groups in total. The first-order valence-corrected chi connectivity index (χ1v) is 5.48. The molecule has 3 nitrogen and oxygen atoms in total. The molecule has 1 amide bonds. The van der Waals surface area contributed by atoms with Gasteiger partial charge in [0.15, 0.2) is 5.82 Å². The fourth-order valence-corrected chi connectivity index (χ4v) is 1.66. The number of carbonyl (C=O) groups is 1. The second-order valence-electron chi connectivity index (χ2n) is 3.91. The predicted molar refractivity (Wildman–Crippen MR) is 70.0 cm³/mol. The van der Waals surface area contributed by atoms with Gasteiger partial charge in [-0.1, -0.05) is 24.3 Å². The minimum Gasteiger partial charge on any atom is -0.396 e. The molecule has 0 bridgehead atoms. The number of hydrogen-bond acceptors (Lipinski definition) is 2. The number of amides is 1. The van der Waals surface area contributed by atoms with E-state index in [0.29, 0.717) is 5.69 Å². The third kappa shape index (κ3) is 2.18. The number of hydrogen-bond donors (Lipinski definition) is 1. The van der Waals surface area contributed by atoms with Crippen molar-refractivity contribution in [3.8, 4) is 0 Å². The van der Waals surface area contributed by atoms with E-state index in [1.54, 1.807) is 25.2 Å². The SMILES string of the molecule is CN(C(=O)c1cccc(N)c1F)c1ccccc1. The molecule has 18 heavy (non-hydrogen) atoms. The first kappa shape index (κ1) is 12.1. The van der Waals surface area contributed by atoms with Crippen molar-refractivity contribution in [2.45, 2.75) is 0 Å². The van der Waals surface area contributed by atoms with E-state index in [1.807, 2.05) is 18.2 Å². The summed E-state index contributed by atoms with van der Waals surface area (Å²) in [4.78, 5) is 13.5. The maximum atomic E-state index is 13.8. The number of carbonyl (C=O) groups excluding carboxylic acids is 1. The molecule has 0 saturated carbocycles. The van der Waals surface area contributed by atoms with E-state index in [9.17, 15) is 9.18 Å². The average molecular weight is 244 g/mol. The number of nitrogen functional groups attached to an aromatic ring is 1. The number of nitrogens with two attached hydrogens (primary N) is 1. The Morgan fingerprint density at radius 3 is 2.44 bits per heavy atom. The fourth-order valence-electron chi connectivity index (χ4n) is 1.66. The zero-order valence-corrected chi connectivity index (χ0v) is 9.93. The Labute approximate surface area is 105 Å². The molecule has 0 atom stereocenters. The van der Waals surface area contributed by atoms with Crippen molar-refractivity contribution in [3.63, 3.8) is 0 Å². The van der Waals surface area contributed by atoms with Gasteiger partial charge < -0.3 is 10.6 Å². The molecular formula is C14H13FN2O. The minimum atomic E-state index is -0.676. The van der Waals surface area contributed by atoms with E-state index < -0.39 is 11.7 Å². The molecule has 0 aliphatic heterocycles. The van der Waals surface area contributed by atoms with Crippen LogP contribution in [0.2, 0.25) is 0 Å². The maximum Gasteiger partial charge on any atom is 0.261 e. The summed E-state index contributed by atoms with van der Waals surface area (Å²) >= 11 is 0. The summed E-state index contributed by atoms with van der Waals surface area (Å²) in [6.07, 6.45) is 0. The van der Waals surface area contributed by atoms with Gasteiger partial charge in [0.05, 0.1) is 11.3 Å². The van der Waals surface area contributed by atoms with Crippen molar-refractivity contribution in [2.75, 3.05) is 17.7 Å². The number of halogens is 1. The Morgan fingerprint density at radius 1 is 1.11 bits per heavy atom. The highest BCUT2D eigenvalue weighted by molar-refractivity contribution is 6.06. The Bertz CT molecular complexity index is 569. The topological polar surface area (TPSA) is 46.3 Å². The average Bonchev–Trinajstić information content (AvgIpc) is 2.41. The van der Waals surface area contributed by atoms with Gasteiger partial charge in [-0.05, 0) is 24.3 Å². The van der Waals surface area contributed by atoms with Crippen LogP contribution < -0.4 is 10.6 Å². The van der Waals surface area contributed by atoms with Crippen LogP contribution in [0.15, 0.2) is 48.5 Å². The lowest BCUT2D eigenvalue weighted by Crippen LogP contribution is -2.27. The van der Waals surface area contributed by atoms with E-state index in [1.165, 1.54) is 17.0 Å². The molecule has 2 rings (SSSR count). The lowest BCUT2D eigenvalue weighted by atomic mass is 10.1. The van der Waals surface area contributed by atoms with Crippen LogP contribution >= 0.6 is 0 Å².